The molecule has 0 N–H and O–H groups in total. The summed E-state index contributed by atoms with van der Waals surface area (Å²) in [5, 5.41) is 0. The molecule has 4 unspecified atom stereocenters. The summed E-state index contributed by atoms with van der Waals surface area (Å²) in [4.78, 5) is 38.6. The molecule has 0 radical (unpaired) electrons. The fraction of sp³-hybridized carbons (Fsp3) is 0.300. The van der Waals surface area contributed by atoms with Gasteiger partial charge in [0.1, 0.15) is 12.7 Å². The first-order valence-electron chi connectivity index (χ1n) is 12.2. The normalized spacial score (nSPS) is 20.5. The van der Waals surface area contributed by atoms with Gasteiger partial charge in [-0.05, 0) is 57.2 Å². The van der Waals surface area contributed by atoms with Crippen LogP contribution in [0.3, 0.4) is 0 Å². The maximum Gasteiger partial charge on any atom is 0.338 e. The van der Waals surface area contributed by atoms with Gasteiger partial charge in [0.15, 0.2) is 18.5 Å². The first-order chi connectivity index (χ1) is 18.2. The number of rotatable bonds is 8. The Labute approximate surface area is 221 Å². The Hall–Kier alpha value is -4.01. The second-order valence-electron chi connectivity index (χ2n) is 9.22. The van der Waals surface area contributed by atoms with Gasteiger partial charge in [-0.2, -0.15) is 0 Å². The second kappa shape index (κ2) is 12.0. The molecule has 198 valence electrons. The monoisotopic (exact) mass is 518 g/mol. The van der Waals surface area contributed by atoms with Gasteiger partial charge in [-0.25, -0.2) is 14.4 Å². The largest absolute Gasteiger partial charge is 0.459 e. The van der Waals surface area contributed by atoms with Crippen LogP contribution in [-0.4, -0.2) is 56.2 Å². The molecule has 3 aromatic rings. The highest BCUT2D eigenvalue weighted by atomic mass is 16.7. The second-order valence-corrected chi connectivity index (χ2v) is 9.22. The summed E-state index contributed by atoms with van der Waals surface area (Å²) in [6.07, 6.45) is -4.21. The molecule has 4 atom stereocenters. The predicted octanol–water partition coefficient (Wildman–Crippen LogP) is 4.59. The Morgan fingerprint density at radius 3 is 1.45 bits per heavy atom. The van der Waals surface area contributed by atoms with Crippen molar-refractivity contribution in [2.24, 2.45) is 0 Å². The lowest BCUT2D eigenvalue weighted by atomic mass is 10.1. The Morgan fingerprint density at radius 1 is 0.632 bits per heavy atom. The van der Waals surface area contributed by atoms with Crippen LogP contribution in [-0.2, 0) is 23.7 Å². The third-order valence-corrected chi connectivity index (χ3v) is 6.23. The number of esters is 3. The zero-order valence-corrected chi connectivity index (χ0v) is 21.7. The topological polar surface area (TPSA) is 97.4 Å². The summed E-state index contributed by atoms with van der Waals surface area (Å²) < 4.78 is 28.3. The summed E-state index contributed by atoms with van der Waals surface area (Å²) in [6.45, 7) is 5.47. The zero-order chi connectivity index (χ0) is 27.2. The predicted molar refractivity (Wildman–Crippen MR) is 138 cm³/mol. The van der Waals surface area contributed by atoms with Crippen LogP contribution in [0, 0.1) is 20.8 Å². The lowest BCUT2D eigenvalue weighted by Crippen LogP contribution is -2.42. The molecule has 0 aliphatic carbocycles. The van der Waals surface area contributed by atoms with Crippen LogP contribution in [0.5, 0.6) is 0 Å². The van der Waals surface area contributed by atoms with Gasteiger partial charge in [0.25, 0.3) is 0 Å². The fourth-order valence-corrected chi connectivity index (χ4v) is 3.98. The van der Waals surface area contributed by atoms with E-state index in [1.54, 1.807) is 72.8 Å². The van der Waals surface area contributed by atoms with Gasteiger partial charge >= 0.3 is 17.9 Å². The molecule has 8 heteroatoms. The molecule has 8 nitrogen and oxygen atoms in total. The highest BCUT2D eigenvalue weighted by molar-refractivity contribution is 5.91. The minimum Gasteiger partial charge on any atom is -0.459 e. The van der Waals surface area contributed by atoms with Crippen LogP contribution in [0.1, 0.15) is 47.8 Å². The number of carbonyl (C=O) groups excluding carboxylic acids is 3. The zero-order valence-electron chi connectivity index (χ0n) is 21.7. The van der Waals surface area contributed by atoms with Crippen molar-refractivity contribution in [3.63, 3.8) is 0 Å². The van der Waals surface area contributed by atoms with Gasteiger partial charge in [0.2, 0.25) is 0 Å². The Kier molecular flexibility index (Phi) is 8.55. The Morgan fingerprint density at radius 2 is 1.03 bits per heavy atom. The van der Waals surface area contributed by atoms with Crippen molar-refractivity contribution in [1.29, 1.82) is 0 Å². The molecular weight excluding hydrogens is 488 g/mol. The van der Waals surface area contributed by atoms with Crippen molar-refractivity contribution in [3.8, 4) is 0 Å². The number of hydrogen-bond acceptors (Lipinski definition) is 8. The highest BCUT2D eigenvalue weighted by Gasteiger charge is 2.50. The number of benzene rings is 3. The summed E-state index contributed by atoms with van der Waals surface area (Å²) >= 11 is 0. The van der Waals surface area contributed by atoms with Gasteiger partial charge in [-0.15, -0.1) is 0 Å². The van der Waals surface area contributed by atoms with Crippen molar-refractivity contribution < 1.29 is 38.1 Å². The average Bonchev–Trinajstić information content (AvgIpc) is 3.24. The molecular formula is C30H30O8. The van der Waals surface area contributed by atoms with Crippen LogP contribution in [0.25, 0.3) is 0 Å². The highest BCUT2D eigenvalue weighted by Crippen LogP contribution is 2.29. The van der Waals surface area contributed by atoms with Gasteiger partial charge in [-0.3, -0.25) is 0 Å². The molecule has 1 aliphatic rings. The molecule has 1 heterocycles. The lowest BCUT2D eigenvalue weighted by Gasteiger charge is -2.24. The van der Waals surface area contributed by atoms with E-state index in [0.29, 0.717) is 16.7 Å². The third kappa shape index (κ3) is 6.45. The van der Waals surface area contributed by atoms with E-state index < -0.39 is 42.5 Å². The standard InChI is InChI=1S/C30H30O8/c1-18-5-11-21(12-6-18)27(31)35-17-24-25(37-28(32)22-13-7-19(2)8-14-22)26(30(34-4)36-24)38-29(33)23-15-9-20(3)10-16-23/h5-16,24-26,30H,17H2,1-4H3. The smallest absolute Gasteiger partial charge is 0.338 e. The van der Waals surface area contributed by atoms with Crippen LogP contribution in [0.4, 0.5) is 0 Å². The number of ether oxygens (including phenoxy) is 5. The van der Waals surface area contributed by atoms with E-state index in [1.165, 1.54) is 7.11 Å². The maximum absolute atomic E-state index is 13.0. The first-order valence-corrected chi connectivity index (χ1v) is 12.2. The van der Waals surface area contributed by atoms with E-state index >= 15 is 0 Å². The minimum atomic E-state index is -1.11. The molecule has 0 spiro atoms. The Balaban J connectivity index is 1.55. The van der Waals surface area contributed by atoms with Crippen molar-refractivity contribution in [2.45, 2.75) is 45.4 Å². The maximum atomic E-state index is 13.0. The van der Waals surface area contributed by atoms with Crippen molar-refractivity contribution in [1.82, 2.24) is 0 Å². The van der Waals surface area contributed by atoms with E-state index in [2.05, 4.69) is 0 Å². The van der Waals surface area contributed by atoms with Crippen LogP contribution in [0.15, 0.2) is 72.8 Å². The molecule has 1 fully saturated rings. The SMILES string of the molecule is COC1OC(COC(=O)c2ccc(C)cc2)C(OC(=O)c2ccc(C)cc2)C1OC(=O)c1ccc(C)cc1. The van der Waals surface area contributed by atoms with Crippen molar-refractivity contribution in [3.05, 3.63) is 106 Å². The quantitative estimate of drug-likeness (QED) is 0.316. The summed E-state index contributed by atoms with van der Waals surface area (Å²) in [5.41, 5.74) is 3.98. The summed E-state index contributed by atoms with van der Waals surface area (Å²) in [6, 6.07) is 20.6. The van der Waals surface area contributed by atoms with E-state index in [9.17, 15) is 14.4 Å². The van der Waals surface area contributed by atoms with Crippen LogP contribution >= 0.6 is 0 Å². The number of carbonyl (C=O) groups is 3. The number of aryl methyl sites for hydroxylation is 3. The minimum absolute atomic E-state index is 0.253. The molecule has 38 heavy (non-hydrogen) atoms. The number of hydrogen-bond donors (Lipinski definition) is 0. The van der Waals surface area contributed by atoms with Gasteiger partial charge in [0.05, 0.1) is 16.7 Å². The molecule has 0 aromatic heterocycles. The van der Waals surface area contributed by atoms with E-state index in [0.717, 1.165) is 16.7 Å². The van der Waals surface area contributed by atoms with Gasteiger partial charge in [0, 0.05) is 7.11 Å². The Bertz CT molecular complexity index is 1270. The average molecular weight is 519 g/mol. The third-order valence-electron chi connectivity index (χ3n) is 6.23. The van der Waals surface area contributed by atoms with Gasteiger partial charge in [-0.1, -0.05) is 53.1 Å². The van der Waals surface area contributed by atoms with E-state index in [1.807, 2.05) is 20.8 Å². The summed E-state index contributed by atoms with van der Waals surface area (Å²) in [5.74, 6) is -1.83. The number of methoxy groups -OCH3 is 1. The molecule has 1 aliphatic heterocycles. The molecule has 3 aromatic carbocycles. The van der Waals surface area contributed by atoms with Crippen LogP contribution < -0.4 is 0 Å². The molecule has 0 amide bonds. The lowest BCUT2D eigenvalue weighted by molar-refractivity contribution is -0.155. The van der Waals surface area contributed by atoms with E-state index in [-0.39, 0.29) is 6.61 Å². The molecule has 0 saturated carbocycles. The fourth-order valence-electron chi connectivity index (χ4n) is 3.98. The summed E-state index contributed by atoms with van der Waals surface area (Å²) in [7, 11) is 1.39. The molecule has 4 rings (SSSR count). The first kappa shape index (κ1) is 27.0. The van der Waals surface area contributed by atoms with E-state index in [4.69, 9.17) is 23.7 Å². The van der Waals surface area contributed by atoms with Crippen LogP contribution in [0.2, 0.25) is 0 Å². The van der Waals surface area contributed by atoms with Crippen molar-refractivity contribution >= 4 is 17.9 Å². The van der Waals surface area contributed by atoms with Gasteiger partial charge < -0.3 is 23.7 Å². The molecule has 0 bridgehead atoms. The van der Waals surface area contributed by atoms with Crippen molar-refractivity contribution in [2.75, 3.05) is 13.7 Å². The molecule has 1 saturated heterocycles.